The lowest BCUT2D eigenvalue weighted by Gasteiger charge is -2.16. The molecular weight excluding hydrogens is 264 g/mol. The highest BCUT2D eigenvalue weighted by Crippen LogP contribution is 2.35. The first-order valence-electron chi connectivity index (χ1n) is 6.99. The highest BCUT2D eigenvalue weighted by Gasteiger charge is 2.22. The molecule has 1 aromatic heterocycles. The molecule has 20 heavy (non-hydrogen) atoms. The molecule has 2 aromatic carbocycles. The van der Waals surface area contributed by atoms with Gasteiger partial charge in [-0.15, -0.1) is 11.3 Å². The number of aryl methyl sites for hydroxylation is 2. The van der Waals surface area contributed by atoms with Crippen molar-refractivity contribution in [2.45, 2.75) is 25.8 Å². The summed E-state index contributed by atoms with van der Waals surface area (Å²) in [6, 6.07) is 13.7. The molecule has 2 nitrogen and oxygen atoms in total. The predicted molar refractivity (Wildman–Crippen MR) is 85.5 cm³/mol. The van der Waals surface area contributed by atoms with Crippen LogP contribution in [-0.4, -0.2) is 4.98 Å². The quantitative estimate of drug-likeness (QED) is 0.735. The van der Waals surface area contributed by atoms with Crippen LogP contribution in [0.3, 0.4) is 0 Å². The average Bonchev–Trinajstić information content (AvgIpc) is 3.05. The smallest absolute Gasteiger partial charge is 0.0813 e. The molecule has 0 bridgehead atoms. The number of hydrogen-bond acceptors (Lipinski definition) is 3. The summed E-state index contributed by atoms with van der Waals surface area (Å²) >= 11 is 1.70. The van der Waals surface area contributed by atoms with Crippen molar-refractivity contribution in [2.24, 2.45) is 0 Å². The molecular formula is C17H16N2S. The Hall–Kier alpha value is -1.87. The number of nitrogens with one attached hydrogen (secondary N) is 1. The van der Waals surface area contributed by atoms with Crippen LogP contribution in [0.25, 0.3) is 10.2 Å². The van der Waals surface area contributed by atoms with Crippen molar-refractivity contribution in [2.75, 3.05) is 5.32 Å². The zero-order valence-electron chi connectivity index (χ0n) is 11.4. The molecule has 1 unspecified atom stereocenters. The van der Waals surface area contributed by atoms with Gasteiger partial charge in [0.05, 0.1) is 21.8 Å². The van der Waals surface area contributed by atoms with Gasteiger partial charge in [0.2, 0.25) is 0 Å². The van der Waals surface area contributed by atoms with E-state index >= 15 is 0 Å². The Balaban J connectivity index is 1.65. The van der Waals surface area contributed by atoms with E-state index in [9.17, 15) is 0 Å². The summed E-state index contributed by atoms with van der Waals surface area (Å²) in [5, 5.41) is 3.69. The number of thiazole rings is 1. The molecule has 0 fully saturated rings. The molecule has 1 atom stereocenters. The summed E-state index contributed by atoms with van der Waals surface area (Å²) in [6.45, 7) is 2.17. The highest BCUT2D eigenvalue weighted by molar-refractivity contribution is 7.16. The third-order valence-corrected chi connectivity index (χ3v) is 4.84. The normalized spacial score (nSPS) is 17.4. The van der Waals surface area contributed by atoms with E-state index < -0.39 is 0 Å². The first kappa shape index (κ1) is 11.9. The molecule has 3 aromatic rings. The van der Waals surface area contributed by atoms with E-state index in [0.29, 0.717) is 6.04 Å². The lowest BCUT2D eigenvalue weighted by atomic mass is 10.0. The van der Waals surface area contributed by atoms with Crippen LogP contribution in [0, 0.1) is 6.92 Å². The fourth-order valence-electron chi connectivity index (χ4n) is 3.02. The third kappa shape index (κ3) is 1.98. The molecule has 0 amide bonds. The van der Waals surface area contributed by atoms with Gasteiger partial charge in [-0.25, -0.2) is 4.98 Å². The number of benzene rings is 2. The van der Waals surface area contributed by atoms with Crippen molar-refractivity contribution >= 4 is 27.2 Å². The second kappa shape index (κ2) is 4.60. The zero-order valence-corrected chi connectivity index (χ0v) is 12.2. The van der Waals surface area contributed by atoms with Gasteiger partial charge in [0.15, 0.2) is 0 Å². The van der Waals surface area contributed by atoms with Gasteiger partial charge in [-0.2, -0.15) is 0 Å². The molecule has 3 heteroatoms. The Morgan fingerprint density at radius 2 is 2.15 bits per heavy atom. The van der Waals surface area contributed by atoms with Gasteiger partial charge in [0.25, 0.3) is 0 Å². The van der Waals surface area contributed by atoms with Crippen molar-refractivity contribution < 1.29 is 0 Å². The molecule has 0 saturated carbocycles. The Labute approximate surface area is 122 Å². The molecule has 1 heterocycles. The van der Waals surface area contributed by atoms with Gasteiger partial charge in [-0.1, -0.05) is 23.8 Å². The van der Waals surface area contributed by atoms with Crippen molar-refractivity contribution in [3.8, 4) is 0 Å². The molecule has 100 valence electrons. The van der Waals surface area contributed by atoms with E-state index in [2.05, 4.69) is 53.6 Å². The lowest BCUT2D eigenvalue weighted by molar-refractivity contribution is 0.762. The first-order valence-corrected chi connectivity index (χ1v) is 7.87. The van der Waals surface area contributed by atoms with Crippen LogP contribution in [-0.2, 0) is 6.42 Å². The van der Waals surface area contributed by atoms with Gasteiger partial charge in [0, 0.05) is 5.69 Å². The van der Waals surface area contributed by atoms with Gasteiger partial charge < -0.3 is 5.32 Å². The zero-order chi connectivity index (χ0) is 13.5. The molecule has 0 aliphatic heterocycles. The summed E-state index contributed by atoms with van der Waals surface area (Å²) < 4.78 is 1.25. The first-order chi connectivity index (χ1) is 9.79. The monoisotopic (exact) mass is 280 g/mol. The van der Waals surface area contributed by atoms with Crippen molar-refractivity contribution in [3.05, 3.63) is 58.6 Å². The van der Waals surface area contributed by atoms with E-state index in [1.165, 1.54) is 39.9 Å². The molecule has 1 N–H and O–H groups in total. The maximum Gasteiger partial charge on any atom is 0.0813 e. The Bertz CT molecular complexity index is 776. The van der Waals surface area contributed by atoms with Gasteiger partial charge in [0.1, 0.15) is 0 Å². The van der Waals surface area contributed by atoms with Crippen molar-refractivity contribution in [1.82, 2.24) is 4.98 Å². The van der Waals surface area contributed by atoms with Crippen LogP contribution in [0.4, 0.5) is 5.69 Å². The molecule has 0 radical (unpaired) electrons. The second-order valence-electron chi connectivity index (χ2n) is 5.47. The maximum atomic E-state index is 4.33. The number of aromatic nitrogens is 1. The minimum atomic E-state index is 0.440. The van der Waals surface area contributed by atoms with E-state index in [1.54, 1.807) is 11.3 Å². The standard InChI is InChI=1S/C17H16N2S/c1-11-2-3-12-4-6-15(14(12)8-11)19-13-5-7-16-17(9-13)20-10-18-16/h2-3,5,7-10,15,19H,4,6H2,1H3. The number of rotatable bonds is 2. The average molecular weight is 280 g/mol. The van der Waals surface area contributed by atoms with Gasteiger partial charge in [-0.3, -0.25) is 0 Å². The fourth-order valence-corrected chi connectivity index (χ4v) is 3.73. The minimum Gasteiger partial charge on any atom is -0.378 e. The fraction of sp³-hybridized carbons (Fsp3) is 0.235. The van der Waals surface area contributed by atoms with E-state index in [-0.39, 0.29) is 0 Å². The second-order valence-corrected chi connectivity index (χ2v) is 6.36. The highest BCUT2D eigenvalue weighted by atomic mass is 32.1. The molecule has 0 saturated heterocycles. The van der Waals surface area contributed by atoms with Gasteiger partial charge in [-0.05, 0) is 49.1 Å². The Kier molecular flexibility index (Phi) is 2.74. The number of nitrogens with zero attached hydrogens (tertiary/aromatic N) is 1. The Morgan fingerprint density at radius 3 is 3.10 bits per heavy atom. The summed E-state index contributed by atoms with van der Waals surface area (Å²) in [7, 11) is 0. The maximum absolute atomic E-state index is 4.33. The van der Waals surface area contributed by atoms with Crippen LogP contribution < -0.4 is 5.32 Å². The van der Waals surface area contributed by atoms with Crippen LogP contribution in [0.5, 0.6) is 0 Å². The number of fused-ring (bicyclic) bond motifs is 2. The summed E-state index contributed by atoms with van der Waals surface area (Å²) in [4.78, 5) is 4.33. The lowest BCUT2D eigenvalue weighted by Crippen LogP contribution is -2.07. The summed E-state index contributed by atoms with van der Waals surface area (Å²) in [6.07, 6.45) is 2.36. The molecule has 1 aliphatic carbocycles. The minimum absolute atomic E-state index is 0.440. The topological polar surface area (TPSA) is 24.9 Å². The third-order valence-electron chi connectivity index (χ3n) is 4.05. The SMILES string of the molecule is Cc1ccc2c(c1)C(Nc1ccc3ncsc3c1)CC2. The predicted octanol–water partition coefficient (Wildman–Crippen LogP) is 4.70. The van der Waals surface area contributed by atoms with Gasteiger partial charge >= 0.3 is 0 Å². The largest absolute Gasteiger partial charge is 0.378 e. The molecule has 1 aliphatic rings. The summed E-state index contributed by atoms with van der Waals surface area (Å²) in [5.74, 6) is 0. The van der Waals surface area contributed by atoms with E-state index in [4.69, 9.17) is 0 Å². The van der Waals surface area contributed by atoms with E-state index in [1.807, 2.05) is 5.51 Å². The van der Waals surface area contributed by atoms with Crippen LogP contribution in [0.15, 0.2) is 41.9 Å². The van der Waals surface area contributed by atoms with Crippen LogP contribution in [0.2, 0.25) is 0 Å². The van der Waals surface area contributed by atoms with Crippen molar-refractivity contribution in [3.63, 3.8) is 0 Å². The summed E-state index contributed by atoms with van der Waals surface area (Å²) in [5.41, 5.74) is 8.49. The number of hydrogen-bond donors (Lipinski definition) is 1. The van der Waals surface area contributed by atoms with Crippen LogP contribution in [0.1, 0.15) is 29.2 Å². The van der Waals surface area contributed by atoms with Crippen LogP contribution >= 0.6 is 11.3 Å². The Morgan fingerprint density at radius 1 is 1.20 bits per heavy atom. The number of anilines is 1. The van der Waals surface area contributed by atoms with E-state index in [0.717, 1.165) is 5.52 Å². The van der Waals surface area contributed by atoms with Crippen molar-refractivity contribution in [1.29, 1.82) is 0 Å². The molecule has 0 spiro atoms. The molecule has 4 rings (SSSR count).